The summed E-state index contributed by atoms with van der Waals surface area (Å²) >= 11 is 2.18. The number of carbonyl (C=O) groups excluding carboxylic acids is 2. The number of nitrogens with one attached hydrogen (secondary N) is 1. The summed E-state index contributed by atoms with van der Waals surface area (Å²) in [6, 6.07) is 8.57. The molecule has 0 saturated heterocycles. The van der Waals surface area contributed by atoms with Crippen LogP contribution in [0.25, 0.3) is 0 Å². The van der Waals surface area contributed by atoms with Gasteiger partial charge in [-0.25, -0.2) is 4.79 Å². The topological polar surface area (TPSA) is 79.2 Å². The molecule has 0 radical (unpaired) electrons. The molecular weight excluding hydrogens is 395 g/mol. The van der Waals surface area contributed by atoms with Crippen LogP contribution in [-0.2, 0) is 20.7 Å². The van der Waals surface area contributed by atoms with Crippen molar-refractivity contribution in [1.29, 1.82) is 5.26 Å². The number of hydrogen-bond donors (Lipinski definition) is 1. The second-order valence-electron chi connectivity index (χ2n) is 4.55. The van der Waals surface area contributed by atoms with E-state index in [-0.39, 0.29) is 18.9 Å². The van der Waals surface area contributed by atoms with E-state index in [9.17, 15) is 9.59 Å². The van der Waals surface area contributed by atoms with Crippen molar-refractivity contribution in [2.75, 3.05) is 6.61 Å². The summed E-state index contributed by atoms with van der Waals surface area (Å²) in [5, 5.41) is 11.1. The third kappa shape index (κ3) is 6.72. The van der Waals surface area contributed by atoms with E-state index in [0.29, 0.717) is 12.8 Å². The van der Waals surface area contributed by atoms with Crippen LogP contribution in [0.1, 0.15) is 18.4 Å². The number of nitrogens with zero attached hydrogens (tertiary/aromatic N) is 1. The Bertz CT molecular complexity index is 581. The lowest BCUT2D eigenvalue weighted by atomic mass is 10.1. The molecule has 0 aromatic heterocycles. The van der Waals surface area contributed by atoms with Gasteiger partial charge in [-0.1, -0.05) is 18.2 Å². The van der Waals surface area contributed by atoms with Gasteiger partial charge in [0.05, 0.1) is 0 Å². The molecule has 0 saturated carbocycles. The van der Waals surface area contributed by atoms with Gasteiger partial charge in [-0.3, -0.25) is 4.79 Å². The molecule has 6 heteroatoms. The van der Waals surface area contributed by atoms with Crippen LogP contribution in [0.2, 0.25) is 0 Å². The smallest absolute Gasteiger partial charge is 0.330 e. The van der Waals surface area contributed by atoms with E-state index in [4.69, 9.17) is 10.00 Å². The van der Waals surface area contributed by atoms with E-state index in [2.05, 4.69) is 34.5 Å². The van der Waals surface area contributed by atoms with Gasteiger partial charge >= 0.3 is 5.97 Å². The van der Waals surface area contributed by atoms with Crippen LogP contribution in [0.5, 0.6) is 0 Å². The standard InChI is InChI=1S/C16H17IN2O3/c1-2-3-7-15(20)19-14(16(21)22-9-8-18)11-12-5-4-6-13(17)10-12/h2,4-6,10,14H,1,3,7,9,11H2,(H,19,20)/t14-/m0/s1. The molecule has 5 nitrogen and oxygen atoms in total. The Morgan fingerprint density at radius 1 is 1.50 bits per heavy atom. The highest BCUT2D eigenvalue weighted by atomic mass is 127. The van der Waals surface area contributed by atoms with Crippen LogP contribution in [0, 0.1) is 14.9 Å². The number of halogens is 1. The monoisotopic (exact) mass is 412 g/mol. The summed E-state index contributed by atoms with van der Waals surface area (Å²) in [4.78, 5) is 23.8. The molecular formula is C16H17IN2O3. The normalized spacial score (nSPS) is 11.1. The number of allylic oxidation sites excluding steroid dienone is 1. The van der Waals surface area contributed by atoms with Crippen LogP contribution >= 0.6 is 22.6 Å². The van der Waals surface area contributed by atoms with Gasteiger partial charge in [0.25, 0.3) is 0 Å². The lowest BCUT2D eigenvalue weighted by Crippen LogP contribution is -2.43. The molecule has 0 aliphatic rings. The number of esters is 1. The van der Waals surface area contributed by atoms with Crippen LogP contribution in [0.3, 0.4) is 0 Å². The van der Waals surface area contributed by atoms with Crippen molar-refractivity contribution in [2.24, 2.45) is 0 Å². The second kappa shape index (κ2) is 9.95. The van der Waals surface area contributed by atoms with Crippen molar-refractivity contribution < 1.29 is 14.3 Å². The molecule has 1 aromatic rings. The molecule has 1 atom stereocenters. The van der Waals surface area contributed by atoms with Crippen molar-refractivity contribution >= 4 is 34.5 Å². The Morgan fingerprint density at radius 2 is 2.27 bits per heavy atom. The van der Waals surface area contributed by atoms with Crippen molar-refractivity contribution in [1.82, 2.24) is 5.32 Å². The SMILES string of the molecule is C=CCCC(=O)N[C@@H](Cc1cccc(I)c1)C(=O)OCC#N. The zero-order valence-electron chi connectivity index (χ0n) is 12.0. The minimum Gasteiger partial charge on any atom is -0.449 e. The Balaban J connectivity index is 2.76. The number of amides is 1. The minimum absolute atomic E-state index is 0.246. The molecule has 22 heavy (non-hydrogen) atoms. The summed E-state index contributed by atoms with van der Waals surface area (Å²) in [6.07, 6.45) is 2.76. The first-order chi connectivity index (χ1) is 10.6. The molecule has 0 spiro atoms. The van der Waals surface area contributed by atoms with Crippen molar-refractivity contribution in [3.05, 3.63) is 46.1 Å². The van der Waals surface area contributed by atoms with Gasteiger partial charge in [-0.15, -0.1) is 6.58 Å². The van der Waals surface area contributed by atoms with E-state index in [0.717, 1.165) is 9.13 Å². The average Bonchev–Trinajstić information content (AvgIpc) is 2.50. The maximum absolute atomic E-state index is 12.0. The maximum Gasteiger partial charge on any atom is 0.330 e. The number of ether oxygens (including phenoxy) is 1. The quantitative estimate of drug-likeness (QED) is 0.404. The molecule has 0 aliphatic carbocycles. The average molecular weight is 412 g/mol. The zero-order chi connectivity index (χ0) is 16.4. The molecule has 1 N–H and O–H groups in total. The van der Waals surface area contributed by atoms with Gasteiger partial charge < -0.3 is 10.1 Å². The van der Waals surface area contributed by atoms with Gasteiger partial charge in [-0.05, 0) is 46.7 Å². The summed E-state index contributed by atoms with van der Waals surface area (Å²) in [6.45, 7) is 3.23. The number of nitriles is 1. The van der Waals surface area contributed by atoms with Gasteiger partial charge in [0.1, 0.15) is 12.1 Å². The molecule has 116 valence electrons. The molecule has 0 aliphatic heterocycles. The first kappa shape index (κ1) is 18.2. The zero-order valence-corrected chi connectivity index (χ0v) is 14.2. The number of benzene rings is 1. The van der Waals surface area contributed by atoms with Crippen molar-refractivity contribution in [3.8, 4) is 6.07 Å². The summed E-state index contributed by atoms with van der Waals surface area (Å²) in [5.41, 5.74) is 0.912. The minimum atomic E-state index is -0.802. The molecule has 0 unspecified atom stereocenters. The van der Waals surface area contributed by atoms with E-state index in [1.54, 1.807) is 12.1 Å². The number of carbonyl (C=O) groups is 2. The first-order valence-corrected chi connectivity index (χ1v) is 7.83. The number of rotatable bonds is 8. The number of hydrogen-bond acceptors (Lipinski definition) is 4. The molecule has 0 bridgehead atoms. The Labute approximate surface area is 143 Å². The van der Waals surface area contributed by atoms with E-state index in [1.807, 2.05) is 24.3 Å². The van der Waals surface area contributed by atoms with Gasteiger partial charge in [0.15, 0.2) is 6.61 Å². The molecule has 1 aromatic carbocycles. The third-order valence-corrected chi connectivity index (χ3v) is 3.47. The van der Waals surface area contributed by atoms with Crippen molar-refractivity contribution in [3.63, 3.8) is 0 Å². The van der Waals surface area contributed by atoms with Gasteiger partial charge in [0, 0.05) is 16.4 Å². The van der Waals surface area contributed by atoms with E-state index < -0.39 is 12.0 Å². The predicted octanol–water partition coefficient (Wildman–Crippen LogP) is 2.35. The van der Waals surface area contributed by atoms with Crippen LogP contribution < -0.4 is 5.32 Å². The summed E-state index contributed by atoms with van der Waals surface area (Å²) in [7, 11) is 0. The highest BCUT2D eigenvalue weighted by Gasteiger charge is 2.22. The van der Waals surface area contributed by atoms with Crippen LogP contribution in [0.4, 0.5) is 0 Å². The van der Waals surface area contributed by atoms with E-state index >= 15 is 0 Å². The molecule has 0 fully saturated rings. The Morgan fingerprint density at radius 3 is 2.91 bits per heavy atom. The molecule has 1 amide bonds. The fraction of sp³-hybridized carbons (Fsp3) is 0.312. The first-order valence-electron chi connectivity index (χ1n) is 6.75. The summed E-state index contributed by atoms with van der Waals surface area (Å²) in [5.74, 6) is -0.850. The second-order valence-corrected chi connectivity index (χ2v) is 5.79. The fourth-order valence-corrected chi connectivity index (χ4v) is 2.40. The largest absolute Gasteiger partial charge is 0.449 e. The van der Waals surface area contributed by atoms with E-state index in [1.165, 1.54) is 0 Å². The highest BCUT2D eigenvalue weighted by molar-refractivity contribution is 14.1. The lowest BCUT2D eigenvalue weighted by molar-refractivity contribution is -0.146. The van der Waals surface area contributed by atoms with Crippen LogP contribution in [0.15, 0.2) is 36.9 Å². The molecule has 1 rings (SSSR count). The maximum atomic E-state index is 12.0. The van der Waals surface area contributed by atoms with Crippen molar-refractivity contribution in [2.45, 2.75) is 25.3 Å². The summed E-state index contributed by atoms with van der Waals surface area (Å²) < 4.78 is 5.86. The van der Waals surface area contributed by atoms with Gasteiger partial charge in [0.2, 0.25) is 5.91 Å². The predicted molar refractivity (Wildman–Crippen MR) is 90.8 cm³/mol. The highest BCUT2D eigenvalue weighted by Crippen LogP contribution is 2.11. The van der Waals surface area contributed by atoms with Gasteiger partial charge in [-0.2, -0.15) is 5.26 Å². The Kier molecular flexibility index (Phi) is 8.22. The third-order valence-electron chi connectivity index (χ3n) is 2.80. The fourth-order valence-electron chi connectivity index (χ4n) is 1.80. The Hall–Kier alpha value is -1.88. The van der Waals surface area contributed by atoms with Crippen LogP contribution in [-0.4, -0.2) is 24.5 Å². The molecule has 0 heterocycles. The lowest BCUT2D eigenvalue weighted by Gasteiger charge is -2.17.